The van der Waals surface area contributed by atoms with Crippen LogP contribution in [0.15, 0.2) is 65.9 Å². The number of hydrogen-bond donors (Lipinski definition) is 2. The van der Waals surface area contributed by atoms with E-state index in [0.717, 1.165) is 28.0 Å². The number of amidine groups is 1. The number of aliphatic imine (C=N–C) groups is 1. The highest BCUT2D eigenvalue weighted by Gasteiger charge is 2.40. The summed E-state index contributed by atoms with van der Waals surface area (Å²) in [7, 11) is 0. The minimum absolute atomic E-state index is 0.148. The number of carbonyl (C=O) groups is 1. The van der Waals surface area contributed by atoms with Crippen LogP contribution in [0.3, 0.4) is 0 Å². The Morgan fingerprint density at radius 1 is 1.19 bits per heavy atom. The van der Waals surface area contributed by atoms with E-state index in [4.69, 9.17) is 25.1 Å². The van der Waals surface area contributed by atoms with Gasteiger partial charge in [0.1, 0.15) is 18.2 Å². The third kappa shape index (κ3) is 4.69. The average molecular weight is 437 g/mol. The molecule has 0 aliphatic carbocycles. The second-order valence-electron chi connectivity index (χ2n) is 7.09. The van der Waals surface area contributed by atoms with Crippen LogP contribution in [0.2, 0.25) is 0 Å². The molecule has 1 atom stereocenters. The van der Waals surface area contributed by atoms with Gasteiger partial charge in [0.2, 0.25) is 0 Å². The summed E-state index contributed by atoms with van der Waals surface area (Å²) in [6.07, 6.45) is 2.83. The van der Waals surface area contributed by atoms with Gasteiger partial charge in [-0.15, -0.1) is 0 Å². The van der Waals surface area contributed by atoms with Gasteiger partial charge >= 0.3 is 0 Å². The Morgan fingerprint density at radius 3 is 2.56 bits per heavy atom. The highest BCUT2D eigenvalue weighted by Crippen LogP contribution is 2.40. The molecule has 3 aromatic rings. The van der Waals surface area contributed by atoms with Crippen LogP contribution in [-0.4, -0.2) is 35.8 Å². The number of ether oxygens (including phenoxy) is 2. The molecular weight excluding hydrogens is 413 g/mol. The average Bonchev–Trinajstić information content (AvgIpc) is 3.19. The van der Waals surface area contributed by atoms with Crippen LogP contribution < -0.4 is 10.5 Å². The van der Waals surface area contributed by atoms with Crippen LogP contribution in [0.25, 0.3) is 11.1 Å². The first kappa shape index (κ1) is 22.7. The third-order valence-electron chi connectivity index (χ3n) is 5.06. The molecule has 4 rings (SSSR count). The van der Waals surface area contributed by atoms with E-state index in [1.54, 1.807) is 6.20 Å². The number of carboxylic acid groups (broad SMARTS) is 1. The molecule has 0 saturated heterocycles. The summed E-state index contributed by atoms with van der Waals surface area (Å²) in [5.74, 6) is 0.457. The fourth-order valence-corrected chi connectivity index (χ4v) is 3.64. The minimum Gasteiger partial charge on any atom is -0.494 e. The van der Waals surface area contributed by atoms with Gasteiger partial charge < -0.3 is 20.3 Å². The summed E-state index contributed by atoms with van der Waals surface area (Å²) in [5.41, 5.74) is 9.54. The van der Waals surface area contributed by atoms with Gasteiger partial charge in [0, 0.05) is 11.8 Å². The Hall–Kier alpha value is -3.94. The van der Waals surface area contributed by atoms with E-state index in [1.807, 2.05) is 56.3 Å². The van der Waals surface area contributed by atoms with Crippen molar-refractivity contribution in [2.75, 3.05) is 13.2 Å². The van der Waals surface area contributed by atoms with Gasteiger partial charge in [0.05, 0.1) is 12.8 Å². The normalized spacial score (nSPS) is 16.9. The number of hydrogen-bond acceptors (Lipinski definition) is 6. The van der Waals surface area contributed by atoms with Crippen LogP contribution in [0.1, 0.15) is 23.6 Å². The Balaban J connectivity index is 0.000000913. The van der Waals surface area contributed by atoms with Crippen LogP contribution in [0, 0.1) is 12.7 Å². The molecule has 0 spiro atoms. The summed E-state index contributed by atoms with van der Waals surface area (Å²) in [4.78, 5) is 17.0. The molecule has 1 aliphatic rings. The molecule has 3 N–H and O–H groups in total. The van der Waals surface area contributed by atoms with Crippen molar-refractivity contribution in [3.05, 3.63) is 83.4 Å². The molecule has 0 saturated carbocycles. The zero-order chi connectivity index (χ0) is 23.1. The lowest BCUT2D eigenvalue weighted by atomic mass is 9.82. The molecule has 1 aromatic heterocycles. The van der Waals surface area contributed by atoms with E-state index in [1.165, 1.54) is 12.3 Å². The standard InChI is InChI=1S/C23H22FN3O2.CH2O2/c1-3-28-21-8-7-19(9-15(21)2)23(14-29-22(25)27-23)18-6-4-5-16(10-18)17-11-20(24)13-26-12-17;2-1-3/h4-13H,3,14H2,1-2H3,(H2,25,27);1H,(H,2,3). The van der Waals surface area contributed by atoms with Crippen LogP contribution >= 0.6 is 0 Å². The molecule has 166 valence electrons. The molecule has 1 aliphatic heterocycles. The molecule has 7 nitrogen and oxygen atoms in total. The third-order valence-corrected chi connectivity index (χ3v) is 5.06. The number of nitrogens with two attached hydrogens (primary N) is 1. The van der Waals surface area contributed by atoms with Gasteiger partial charge in [-0.3, -0.25) is 9.78 Å². The Kier molecular flexibility index (Phi) is 7.04. The van der Waals surface area contributed by atoms with E-state index < -0.39 is 5.54 Å². The van der Waals surface area contributed by atoms with Crippen molar-refractivity contribution in [2.24, 2.45) is 10.7 Å². The molecule has 0 radical (unpaired) electrons. The molecule has 2 aromatic carbocycles. The summed E-state index contributed by atoms with van der Waals surface area (Å²) in [6, 6.07) is 15.4. The number of aromatic nitrogens is 1. The zero-order valence-electron chi connectivity index (χ0n) is 17.8. The molecular formula is C24H24FN3O4. The Labute approximate surface area is 185 Å². The highest BCUT2D eigenvalue weighted by molar-refractivity contribution is 5.76. The molecule has 8 heteroatoms. The first-order chi connectivity index (χ1) is 15.4. The Bertz CT molecular complexity index is 1140. The minimum atomic E-state index is -0.781. The fraction of sp³-hybridized carbons (Fsp3) is 0.208. The van der Waals surface area contributed by atoms with Gasteiger partial charge in [0.25, 0.3) is 12.5 Å². The lowest BCUT2D eigenvalue weighted by Crippen LogP contribution is -2.27. The van der Waals surface area contributed by atoms with Crippen LogP contribution in [0.5, 0.6) is 5.75 Å². The Morgan fingerprint density at radius 2 is 1.94 bits per heavy atom. The zero-order valence-corrected chi connectivity index (χ0v) is 17.8. The molecule has 2 heterocycles. The lowest BCUT2D eigenvalue weighted by Gasteiger charge is -2.26. The van der Waals surface area contributed by atoms with Gasteiger partial charge in [-0.1, -0.05) is 24.3 Å². The number of pyridine rings is 1. The topological polar surface area (TPSA) is 107 Å². The number of nitrogens with zero attached hydrogens (tertiary/aromatic N) is 2. The first-order valence-electron chi connectivity index (χ1n) is 9.95. The maximum Gasteiger partial charge on any atom is 0.290 e. The predicted octanol–water partition coefficient (Wildman–Crippen LogP) is 3.88. The highest BCUT2D eigenvalue weighted by atomic mass is 19.1. The molecule has 1 unspecified atom stereocenters. The second-order valence-corrected chi connectivity index (χ2v) is 7.09. The largest absolute Gasteiger partial charge is 0.494 e. The maximum atomic E-state index is 13.7. The van der Waals surface area contributed by atoms with E-state index in [0.29, 0.717) is 12.2 Å². The molecule has 0 bridgehead atoms. The number of halogens is 1. The fourth-order valence-electron chi connectivity index (χ4n) is 3.64. The van der Waals surface area contributed by atoms with E-state index in [2.05, 4.69) is 9.98 Å². The van der Waals surface area contributed by atoms with Gasteiger partial charge in [-0.2, -0.15) is 0 Å². The van der Waals surface area contributed by atoms with Crippen molar-refractivity contribution in [3.63, 3.8) is 0 Å². The van der Waals surface area contributed by atoms with Crippen LogP contribution in [0.4, 0.5) is 4.39 Å². The van der Waals surface area contributed by atoms with Crippen molar-refractivity contribution < 1.29 is 23.8 Å². The second kappa shape index (κ2) is 9.91. The van der Waals surface area contributed by atoms with E-state index in [9.17, 15) is 4.39 Å². The van der Waals surface area contributed by atoms with Crippen molar-refractivity contribution in [3.8, 4) is 16.9 Å². The lowest BCUT2D eigenvalue weighted by molar-refractivity contribution is -0.122. The number of aryl methyl sites for hydroxylation is 1. The van der Waals surface area contributed by atoms with Gasteiger partial charge in [-0.05, 0) is 60.4 Å². The SMILES string of the molecule is CCOc1ccc(C2(c3cccc(-c4cncc(F)c4)c3)COC(N)=N2)cc1C.O=CO. The number of rotatable bonds is 5. The summed E-state index contributed by atoms with van der Waals surface area (Å²) < 4.78 is 24.9. The van der Waals surface area contributed by atoms with Crippen LogP contribution in [-0.2, 0) is 15.1 Å². The number of benzene rings is 2. The summed E-state index contributed by atoms with van der Waals surface area (Å²) in [6.45, 7) is 4.59. The summed E-state index contributed by atoms with van der Waals surface area (Å²) >= 11 is 0. The molecule has 0 amide bonds. The first-order valence-corrected chi connectivity index (χ1v) is 9.95. The molecule has 0 fully saturated rings. The van der Waals surface area contributed by atoms with Crippen molar-refractivity contribution >= 4 is 12.5 Å². The van der Waals surface area contributed by atoms with Crippen molar-refractivity contribution in [2.45, 2.75) is 19.4 Å². The monoisotopic (exact) mass is 437 g/mol. The maximum absolute atomic E-state index is 13.7. The van der Waals surface area contributed by atoms with E-state index >= 15 is 0 Å². The van der Waals surface area contributed by atoms with E-state index in [-0.39, 0.29) is 24.9 Å². The van der Waals surface area contributed by atoms with Gasteiger partial charge in [0.15, 0.2) is 5.54 Å². The van der Waals surface area contributed by atoms with Crippen molar-refractivity contribution in [1.29, 1.82) is 0 Å². The van der Waals surface area contributed by atoms with Gasteiger partial charge in [-0.25, -0.2) is 9.38 Å². The quantitative estimate of drug-likeness (QED) is 0.587. The predicted molar refractivity (Wildman–Crippen MR) is 119 cm³/mol. The molecule has 32 heavy (non-hydrogen) atoms. The summed E-state index contributed by atoms with van der Waals surface area (Å²) in [5, 5.41) is 6.89. The van der Waals surface area contributed by atoms with Crippen molar-refractivity contribution in [1.82, 2.24) is 4.98 Å². The smallest absolute Gasteiger partial charge is 0.290 e.